The molecule has 0 radical (unpaired) electrons. The van der Waals surface area contributed by atoms with Crippen LogP contribution in [0.4, 0.5) is 22.0 Å². The largest absolute Gasteiger partial charge is 0.416 e. The number of hydrogen-bond donors (Lipinski definition) is 0. The van der Waals surface area contributed by atoms with Crippen LogP contribution in [0.2, 0.25) is 0 Å². The zero-order chi connectivity index (χ0) is 24.7. The topological polar surface area (TPSA) is 45.0 Å². The first-order valence-electron chi connectivity index (χ1n) is 10.6. The number of fused-ring (bicyclic) bond motifs is 1. The van der Waals surface area contributed by atoms with E-state index in [1.54, 1.807) is 36.4 Å². The summed E-state index contributed by atoms with van der Waals surface area (Å²) < 4.78 is 67.1. The van der Waals surface area contributed by atoms with E-state index in [9.17, 15) is 26.7 Å². The van der Waals surface area contributed by atoms with Gasteiger partial charge in [-0.3, -0.25) is 9.79 Å². The van der Waals surface area contributed by atoms with E-state index in [1.165, 1.54) is 23.2 Å². The predicted molar refractivity (Wildman–Crippen MR) is 121 cm³/mol. The number of rotatable bonds is 3. The van der Waals surface area contributed by atoms with Crippen molar-refractivity contribution in [3.63, 3.8) is 0 Å². The van der Waals surface area contributed by atoms with E-state index in [0.29, 0.717) is 28.1 Å². The summed E-state index contributed by atoms with van der Waals surface area (Å²) in [6, 6.07) is 16.4. The van der Waals surface area contributed by atoms with Gasteiger partial charge in [0.05, 0.1) is 23.4 Å². The van der Waals surface area contributed by atoms with E-state index in [1.807, 2.05) is 0 Å². The number of hydrogen-bond acceptors (Lipinski definition) is 3. The van der Waals surface area contributed by atoms with E-state index >= 15 is 0 Å². The molecular formula is C26H16F5N3O. The molecule has 0 N–H and O–H groups in total. The Balaban J connectivity index is 1.60. The van der Waals surface area contributed by atoms with Crippen LogP contribution in [0.5, 0.6) is 0 Å². The van der Waals surface area contributed by atoms with Crippen LogP contribution in [-0.4, -0.2) is 28.5 Å². The fourth-order valence-corrected chi connectivity index (χ4v) is 4.01. The number of hydrazone groups is 1. The Labute approximate surface area is 196 Å². The lowest BCUT2D eigenvalue weighted by Crippen LogP contribution is -2.43. The second-order valence-corrected chi connectivity index (χ2v) is 8.00. The molecule has 4 nitrogen and oxygen atoms in total. The first-order valence-corrected chi connectivity index (χ1v) is 10.6. The molecular weight excluding hydrogens is 465 g/mol. The lowest BCUT2D eigenvalue weighted by Gasteiger charge is -2.33. The minimum absolute atomic E-state index is 0.0814. The Morgan fingerprint density at radius 2 is 1.60 bits per heavy atom. The highest BCUT2D eigenvalue weighted by atomic mass is 19.4. The van der Waals surface area contributed by atoms with Crippen LogP contribution >= 0.6 is 0 Å². The Kier molecular flexibility index (Phi) is 5.55. The number of carbonyl (C=O) groups excluding carboxylic acids is 1. The van der Waals surface area contributed by atoms with Crippen molar-refractivity contribution in [3.8, 4) is 0 Å². The standard InChI is InChI=1S/C26H16F5N3O/c27-18-10-11-19(21(28)12-18)20-13-23-32-22(15-6-8-17(9-7-15)26(29,30)31)14-24(35)34(23)33-25(20)16-4-2-1-3-5-16/h1-13,23H,14H2. The van der Waals surface area contributed by atoms with Crippen LogP contribution in [0, 0.1) is 11.6 Å². The Morgan fingerprint density at radius 3 is 2.26 bits per heavy atom. The SMILES string of the molecule is O=C1CC(c2ccc(C(F)(F)F)cc2)=NC2C=C(c3ccc(F)cc3F)C(c3ccccc3)=NN12. The van der Waals surface area contributed by atoms with Gasteiger partial charge in [-0.15, -0.1) is 0 Å². The monoisotopic (exact) mass is 481 g/mol. The molecule has 1 unspecified atom stereocenters. The molecule has 35 heavy (non-hydrogen) atoms. The van der Waals surface area contributed by atoms with E-state index in [-0.39, 0.29) is 12.0 Å². The highest BCUT2D eigenvalue weighted by molar-refractivity contribution is 6.32. The van der Waals surface area contributed by atoms with E-state index in [0.717, 1.165) is 24.3 Å². The molecule has 1 amide bonds. The maximum atomic E-state index is 14.8. The van der Waals surface area contributed by atoms with Crippen LogP contribution in [0.25, 0.3) is 5.57 Å². The average molecular weight is 481 g/mol. The van der Waals surface area contributed by atoms with Gasteiger partial charge in [-0.05, 0) is 35.9 Å². The van der Waals surface area contributed by atoms with Crippen molar-refractivity contribution in [1.29, 1.82) is 0 Å². The first kappa shape index (κ1) is 22.6. The molecule has 0 aromatic heterocycles. The van der Waals surface area contributed by atoms with Crippen molar-refractivity contribution < 1.29 is 26.7 Å². The second kappa shape index (κ2) is 8.57. The van der Waals surface area contributed by atoms with Gasteiger partial charge < -0.3 is 0 Å². The summed E-state index contributed by atoms with van der Waals surface area (Å²) in [4.78, 5) is 17.5. The number of alkyl halides is 3. The summed E-state index contributed by atoms with van der Waals surface area (Å²) in [6.45, 7) is 0. The summed E-state index contributed by atoms with van der Waals surface area (Å²) in [5, 5.41) is 5.63. The van der Waals surface area contributed by atoms with E-state index in [2.05, 4.69) is 10.1 Å². The third kappa shape index (κ3) is 4.37. The minimum atomic E-state index is -4.48. The number of halogens is 5. The third-order valence-electron chi connectivity index (χ3n) is 5.71. The van der Waals surface area contributed by atoms with Crippen LogP contribution < -0.4 is 0 Å². The van der Waals surface area contributed by atoms with Crippen LogP contribution in [0.15, 0.2) is 89.0 Å². The second-order valence-electron chi connectivity index (χ2n) is 8.00. The summed E-state index contributed by atoms with van der Waals surface area (Å²) in [5.41, 5.74) is 1.18. The molecule has 3 aromatic rings. The van der Waals surface area contributed by atoms with Gasteiger partial charge in [-0.25, -0.2) is 13.8 Å². The van der Waals surface area contributed by atoms with E-state index < -0.39 is 35.4 Å². The molecule has 0 spiro atoms. The van der Waals surface area contributed by atoms with Gasteiger partial charge >= 0.3 is 6.18 Å². The lowest BCUT2D eigenvalue weighted by atomic mass is 9.93. The molecule has 0 fully saturated rings. The van der Waals surface area contributed by atoms with Gasteiger partial charge in [0.15, 0.2) is 6.17 Å². The highest BCUT2D eigenvalue weighted by Gasteiger charge is 2.35. The Morgan fingerprint density at radius 1 is 0.886 bits per heavy atom. The number of nitrogens with zero attached hydrogens (tertiary/aromatic N) is 3. The van der Waals surface area contributed by atoms with Gasteiger partial charge in [0.1, 0.15) is 11.6 Å². The predicted octanol–water partition coefficient (Wildman–Crippen LogP) is 5.83. The van der Waals surface area contributed by atoms with Crippen LogP contribution in [0.3, 0.4) is 0 Å². The molecule has 0 aliphatic carbocycles. The zero-order valence-corrected chi connectivity index (χ0v) is 17.9. The Hall–Kier alpha value is -4.14. The molecule has 2 aliphatic rings. The minimum Gasteiger partial charge on any atom is -0.272 e. The molecule has 176 valence electrons. The summed E-state index contributed by atoms with van der Waals surface area (Å²) in [5.74, 6) is -1.96. The summed E-state index contributed by atoms with van der Waals surface area (Å²) in [7, 11) is 0. The fraction of sp³-hybridized carbons (Fsp3) is 0.115. The van der Waals surface area contributed by atoms with Crippen molar-refractivity contribution in [3.05, 3.63) is 113 Å². The molecule has 2 aliphatic heterocycles. The van der Waals surface area contributed by atoms with Gasteiger partial charge in [0.2, 0.25) is 0 Å². The molecule has 0 bridgehead atoms. The maximum absolute atomic E-state index is 14.8. The van der Waals surface area contributed by atoms with Gasteiger partial charge in [-0.2, -0.15) is 18.3 Å². The van der Waals surface area contributed by atoms with Crippen molar-refractivity contribution in [2.75, 3.05) is 0 Å². The molecule has 9 heteroatoms. The van der Waals surface area contributed by atoms with Crippen molar-refractivity contribution >= 4 is 22.9 Å². The van der Waals surface area contributed by atoms with Crippen LogP contribution in [-0.2, 0) is 11.0 Å². The maximum Gasteiger partial charge on any atom is 0.416 e. The number of benzene rings is 3. The zero-order valence-electron chi connectivity index (χ0n) is 17.9. The smallest absolute Gasteiger partial charge is 0.272 e. The number of aliphatic imine (C=N–C) groups is 1. The lowest BCUT2D eigenvalue weighted by molar-refractivity contribution is -0.137. The summed E-state index contributed by atoms with van der Waals surface area (Å²) >= 11 is 0. The van der Waals surface area contributed by atoms with Crippen LogP contribution in [0.1, 0.15) is 28.7 Å². The third-order valence-corrected chi connectivity index (χ3v) is 5.71. The average Bonchev–Trinajstić information content (AvgIpc) is 2.83. The molecule has 0 saturated heterocycles. The molecule has 2 heterocycles. The van der Waals surface area contributed by atoms with Crippen molar-refractivity contribution in [1.82, 2.24) is 5.01 Å². The van der Waals surface area contributed by atoms with Gasteiger partial charge in [0, 0.05) is 22.8 Å². The summed E-state index contributed by atoms with van der Waals surface area (Å²) in [6.07, 6.45) is -4.04. The van der Waals surface area contributed by atoms with Gasteiger partial charge in [0.25, 0.3) is 5.91 Å². The van der Waals surface area contributed by atoms with Crippen molar-refractivity contribution in [2.24, 2.45) is 10.1 Å². The van der Waals surface area contributed by atoms with Gasteiger partial charge in [-0.1, -0.05) is 42.5 Å². The van der Waals surface area contributed by atoms with Crippen molar-refractivity contribution in [2.45, 2.75) is 18.8 Å². The van der Waals surface area contributed by atoms with E-state index in [4.69, 9.17) is 0 Å². The Bertz CT molecular complexity index is 1390. The molecule has 0 saturated carbocycles. The molecule has 5 rings (SSSR count). The highest BCUT2D eigenvalue weighted by Crippen LogP contribution is 2.33. The molecule has 3 aromatic carbocycles. The number of amides is 1. The normalized spacial score (nSPS) is 18.0. The first-order chi connectivity index (χ1) is 16.7. The molecule has 1 atom stereocenters. The number of allylic oxidation sites excluding steroid dienone is 1. The fourth-order valence-electron chi connectivity index (χ4n) is 4.01. The number of carbonyl (C=O) groups is 1. The quantitative estimate of drug-likeness (QED) is 0.434.